The van der Waals surface area contributed by atoms with Crippen molar-refractivity contribution >= 4 is 17.3 Å². The van der Waals surface area contributed by atoms with Crippen LogP contribution in [-0.4, -0.2) is 28.7 Å². The number of nitrogen functional groups attached to an aromatic ring is 1. The van der Waals surface area contributed by atoms with Crippen LogP contribution >= 0.6 is 0 Å². The maximum Gasteiger partial charge on any atom is 0.311 e. The van der Waals surface area contributed by atoms with Gasteiger partial charge in [0.25, 0.3) is 0 Å². The van der Waals surface area contributed by atoms with Crippen molar-refractivity contribution in [2.75, 3.05) is 17.7 Å². The lowest BCUT2D eigenvalue weighted by Crippen LogP contribution is -2.27. The number of nitrogens with zero attached hydrogens (tertiary/aromatic N) is 2. The van der Waals surface area contributed by atoms with Crippen LogP contribution in [0, 0.1) is 10.1 Å². The second-order valence-electron chi connectivity index (χ2n) is 3.97. The summed E-state index contributed by atoms with van der Waals surface area (Å²) in [6.45, 7) is 2.68. The van der Waals surface area contributed by atoms with E-state index in [1.807, 2.05) is 6.92 Å². The minimum atomic E-state index is -0.548. The fourth-order valence-corrected chi connectivity index (χ4v) is 1.81. The molecular weight excluding hydrogens is 224 g/mol. The first-order valence-electron chi connectivity index (χ1n) is 5.37. The van der Waals surface area contributed by atoms with Crippen molar-refractivity contribution in [2.45, 2.75) is 25.5 Å². The Morgan fingerprint density at radius 3 is 2.94 bits per heavy atom. The van der Waals surface area contributed by atoms with E-state index in [0.29, 0.717) is 12.4 Å². The summed E-state index contributed by atoms with van der Waals surface area (Å²) in [5.74, 6) is 0.460. The number of anilines is 2. The van der Waals surface area contributed by atoms with Crippen LogP contribution in [0.3, 0.4) is 0 Å². The van der Waals surface area contributed by atoms with Crippen LogP contribution in [0.1, 0.15) is 13.3 Å². The van der Waals surface area contributed by atoms with Crippen molar-refractivity contribution in [3.05, 3.63) is 22.2 Å². The van der Waals surface area contributed by atoms with Gasteiger partial charge in [-0.1, -0.05) is 0 Å². The van der Waals surface area contributed by atoms with Gasteiger partial charge in [0.15, 0.2) is 0 Å². The van der Waals surface area contributed by atoms with Crippen molar-refractivity contribution in [3.8, 4) is 0 Å². The van der Waals surface area contributed by atoms with E-state index in [2.05, 4.69) is 10.3 Å². The molecule has 92 valence electrons. The third-order valence-electron chi connectivity index (χ3n) is 2.81. The normalized spacial score (nSPS) is 23.6. The standard InChI is InChI=1S/C10H14N4O3/c1-6-7(4-5-17-6)12-9-3-2-8(14(15)16)10(11)13-9/h2-3,6-7H,4-5H2,1H3,(H3,11,12,13). The quantitative estimate of drug-likeness (QED) is 0.605. The number of nitrogens with one attached hydrogen (secondary N) is 1. The molecule has 2 unspecified atom stereocenters. The van der Waals surface area contributed by atoms with Gasteiger partial charge in [0.2, 0.25) is 5.82 Å². The van der Waals surface area contributed by atoms with Crippen LogP contribution in [0.25, 0.3) is 0 Å². The Morgan fingerprint density at radius 2 is 2.41 bits per heavy atom. The van der Waals surface area contributed by atoms with Crippen LogP contribution in [-0.2, 0) is 4.74 Å². The summed E-state index contributed by atoms with van der Waals surface area (Å²) < 4.78 is 5.40. The first kappa shape index (κ1) is 11.6. The summed E-state index contributed by atoms with van der Waals surface area (Å²) in [5.41, 5.74) is 5.33. The predicted molar refractivity (Wildman–Crippen MR) is 62.7 cm³/mol. The van der Waals surface area contributed by atoms with E-state index in [9.17, 15) is 10.1 Å². The molecule has 1 aliphatic rings. The lowest BCUT2D eigenvalue weighted by atomic mass is 10.1. The van der Waals surface area contributed by atoms with Gasteiger partial charge in [-0.3, -0.25) is 10.1 Å². The SMILES string of the molecule is CC1OCCC1Nc1ccc([N+](=O)[O-])c(N)n1. The minimum Gasteiger partial charge on any atom is -0.378 e. The Hall–Kier alpha value is -1.89. The van der Waals surface area contributed by atoms with E-state index < -0.39 is 4.92 Å². The van der Waals surface area contributed by atoms with E-state index >= 15 is 0 Å². The molecule has 2 atom stereocenters. The van der Waals surface area contributed by atoms with Crippen LogP contribution in [0.15, 0.2) is 12.1 Å². The molecule has 2 heterocycles. The average Bonchev–Trinajstić information content (AvgIpc) is 2.64. The summed E-state index contributed by atoms with van der Waals surface area (Å²) >= 11 is 0. The van der Waals surface area contributed by atoms with Crippen molar-refractivity contribution < 1.29 is 9.66 Å². The van der Waals surface area contributed by atoms with Crippen molar-refractivity contribution in [3.63, 3.8) is 0 Å². The highest BCUT2D eigenvalue weighted by atomic mass is 16.6. The van der Waals surface area contributed by atoms with E-state index in [1.165, 1.54) is 6.07 Å². The monoisotopic (exact) mass is 238 g/mol. The predicted octanol–water partition coefficient (Wildman–Crippen LogP) is 1.16. The highest BCUT2D eigenvalue weighted by Gasteiger charge is 2.24. The van der Waals surface area contributed by atoms with Gasteiger partial charge in [0, 0.05) is 12.7 Å². The zero-order valence-corrected chi connectivity index (χ0v) is 9.42. The fourth-order valence-electron chi connectivity index (χ4n) is 1.81. The number of nitrogens with two attached hydrogens (primary N) is 1. The molecule has 1 aliphatic heterocycles. The molecule has 2 rings (SSSR count). The zero-order valence-electron chi connectivity index (χ0n) is 9.42. The van der Waals surface area contributed by atoms with Gasteiger partial charge in [-0.15, -0.1) is 0 Å². The molecule has 0 amide bonds. The van der Waals surface area contributed by atoms with Crippen LogP contribution < -0.4 is 11.1 Å². The van der Waals surface area contributed by atoms with Crippen LogP contribution in [0.2, 0.25) is 0 Å². The lowest BCUT2D eigenvalue weighted by Gasteiger charge is -2.16. The lowest BCUT2D eigenvalue weighted by molar-refractivity contribution is -0.384. The number of pyridine rings is 1. The molecule has 1 aromatic heterocycles. The van der Waals surface area contributed by atoms with Crippen LogP contribution in [0.4, 0.5) is 17.3 Å². The summed E-state index contributed by atoms with van der Waals surface area (Å²) in [6, 6.07) is 3.08. The first-order valence-corrected chi connectivity index (χ1v) is 5.37. The molecule has 0 aromatic carbocycles. The van der Waals surface area contributed by atoms with E-state index in [-0.39, 0.29) is 23.7 Å². The second-order valence-corrected chi connectivity index (χ2v) is 3.97. The zero-order chi connectivity index (χ0) is 12.4. The number of rotatable bonds is 3. The summed E-state index contributed by atoms with van der Waals surface area (Å²) in [6.07, 6.45) is 0.993. The fraction of sp³-hybridized carbons (Fsp3) is 0.500. The Balaban J connectivity index is 2.12. The molecule has 3 N–H and O–H groups in total. The maximum atomic E-state index is 10.6. The third-order valence-corrected chi connectivity index (χ3v) is 2.81. The molecule has 0 bridgehead atoms. The second kappa shape index (κ2) is 4.54. The third kappa shape index (κ3) is 2.44. The molecule has 1 aromatic rings. The molecular formula is C10H14N4O3. The van der Waals surface area contributed by atoms with Crippen LogP contribution in [0.5, 0.6) is 0 Å². The van der Waals surface area contributed by atoms with E-state index in [0.717, 1.165) is 6.42 Å². The highest BCUT2D eigenvalue weighted by Crippen LogP contribution is 2.23. The number of hydrogen-bond donors (Lipinski definition) is 2. The Morgan fingerprint density at radius 1 is 1.65 bits per heavy atom. The Bertz CT molecular complexity index is 438. The Kier molecular flexibility index (Phi) is 3.10. The van der Waals surface area contributed by atoms with Crippen molar-refractivity contribution in [1.82, 2.24) is 4.98 Å². The van der Waals surface area contributed by atoms with Gasteiger partial charge in [0.1, 0.15) is 5.82 Å². The summed E-state index contributed by atoms with van der Waals surface area (Å²) in [4.78, 5) is 14.0. The number of aromatic nitrogens is 1. The average molecular weight is 238 g/mol. The Labute approximate surface area is 98.1 Å². The smallest absolute Gasteiger partial charge is 0.311 e. The summed E-state index contributed by atoms with van der Waals surface area (Å²) in [5, 5.41) is 13.7. The van der Waals surface area contributed by atoms with Gasteiger partial charge in [-0.2, -0.15) is 0 Å². The molecule has 1 fully saturated rings. The molecule has 0 saturated carbocycles. The van der Waals surface area contributed by atoms with E-state index in [4.69, 9.17) is 10.5 Å². The van der Waals surface area contributed by atoms with Gasteiger partial charge in [-0.25, -0.2) is 4.98 Å². The number of ether oxygens (including phenoxy) is 1. The molecule has 1 saturated heterocycles. The maximum absolute atomic E-state index is 10.6. The largest absolute Gasteiger partial charge is 0.378 e. The first-order chi connectivity index (χ1) is 8.08. The molecule has 0 spiro atoms. The molecule has 0 radical (unpaired) electrons. The molecule has 17 heavy (non-hydrogen) atoms. The van der Waals surface area contributed by atoms with Gasteiger partial charge >= 0.3 is 5.69 Å². The molecule has 7 nitrogen and oxygen atoms in total. The van der Waals surface area contributed by atoms with Crippen molar-refractivity contribution in [1.29, 1.82) is 0 Å². The van der Waals surface area contributed by atoms with Gasteiger partial charge in [-0.05, 0) is 19.4 Å². The molecule has 7 heteroatoms. The van der Waals surface area contributed by atoms with E-state index in [1.54, 1.807) is 6.07 Å². The molecule has 0 aliphatic carbocycles. The summed E-state index contributed by atoms with van der Waals surface area (Å²) in [7, 11) is 0. The minimum absolute atomic E-state index is 0.0773. The topological polar surface area (TPSA) is 103 Å². The highest BCUT2D eigenvalue weighted by molar-refractivity contribution is 5.57. The van der Waals surface area contributed by atoms with Gasteiger partial charge in [0.05, 0.1) is 17.1 Å². The number of nitro groups is 1. The van der Waals surface area contributed by atoms with Gasteiger partial charge < -0.3 is 15.8 Å². The van der Waals surface area contributed by atoms with Crippen molar-refractivity contribution in [2.24, 2.45) is 0 Å². The number of hydrogen-bond acceptors (Lipinski definition) is 6.